The number of hydrogen-bond donors (Lipinski definition) is 3. The molecule has 0 spiro atoms. The molecule has 1 aliphatic heterocycles. The van der Waals surface area contributed by atoms with Crippen molar-refractivity contribution in [2.75, 3.05) is 6.79 Å². The monoisotopic (exact) mass is 552 g/mol. The lowest BCUT2D eigenvalue weighted by atomic mass is 10.1. The lowest BCUT2D eigenvalue weighted by Crippen LogP contribution is -2.32. The second kappa shape index (κ2) is 10.7. The van der Waals surface area contributed by atoms with Gasteiger partial charge in [0, 0.05) is 23.3 Å². The number of amides is 2. The quantitative estimate of drug-likeness (QED) is 0.175. The van der Waals surface area contributed by atoms with Crippen LogP contribution in [0, 0.1) is 10.1 Å². The van der Waals surface area contributed by atoms with Crippen molar-refractivity contribution in [1.82, 2.24) is 10.7 Å². The van der Waals surface area contributed by atoms with Crippen LogP contribution in [0.25, 0.3) is 6.08 Å². The van der Waals surface area contributed by atoms with Gasteiger partial charge >= 0.3 is 0 Å². The number of hydrazone groups is 1. The summed E-state index contributed by atoms with van der Waals surface area (Å²) in [6.07, 6.45) is 2.47. The average molecular weight is 553 g/mol. The van der Waals surface area contributed by atoms with Gasteiger partial charge in [-0.15, -0.1) is 0 Å². The lowest BCUT2D eigenvalue weighted by Gasteiger charge is -2.09. The molecule has 0 unspecified atom stereocenters. The van der Waals surface area contributed by atoms with Crippen molar-refractivity contribution in [2.45, 2.75) is 0 Å². The number of nitro benzene ring substituents is 1. The van der Waals surface area contributed by atoms with E-state index in [1.807, 2.05) is 0 Å². The van der Waals surface area contributed by atoms with Crippen molar-refractivity contribution in [2.24, 2.45) is 5.10 Å². The number of carbonyl (C=O) groups excluding carboxylic acids is 2. The predicted octanol–water partition coefficient (Wildman–Crippen LogP) is 3.71. The summed E-state index contributed by atoms with van der Waals surface area (Å²) < 4.78 is 10.7. The molecule has 0 aromatic heterocycles. The van der Waals surface area contributed by atoms with E-state index in [0.717, 1.165) is 18.3 Å². The van der Waals surface area contributed by atoms with Gasteiger partial charge < -0.3 is 19.9 Å². The molecule has 36 heavy (non-hydrogen) atoms. The van der Waals surface area contributed by atoms with Gasteiger partial charge in [-0.05, 0) is 51.8 Å². The van der Waals surface area contributed by atoms with Crippen LogP contribution < -0.4 is 20.2 Å². The molecule has 182 valence electrons. The van der Waals surface area contributed by atoms with Gasteiger partial charge in [-0.2, -0.15) is 5.10 Å². The van der Waals surface area contributed by atoms with Gasteiger partial charge in [-0.3, -0.25) is 19.7 Å². The average Bonchev–Trinajstić information content (AvgIpc) is 3.34. The second-order valence-corrected chi connectivity index (χ2v) is 8.17. The molecule has 12 heteroatoms. The van der Waals surface area contributed by atoms with Gasteiger partial charge in [0.2, 0.25) is 6.79 Å². The highest BCUT2D eigenvalue weighted by Crippen LogP contribution is 2.33. The molecule has 11 nitrogen and oxygen atoms in total. The van der Waals surface area contributed by atoms with Crippen molar-refractivity contribution in [3.05, 3.63) is 97.6 Å². The van der Waals surface area contributed by atoms with Crippen molar-refractivity contribution in [3.8, 4) is 17.2 Å². The van der Waals surface area contributed by atoms with Crippen LogP contribution in [-0.4, -0.2) is 34.9 Å². The molecule has 3 aromatic carbocycles. The molecule has 0 bridgehead atoms. The summed E-state index contributed by atoms with van der Waals surface area (Å²) in [5, 5.41) is 27.5. The van der Waals surface area contributed by atoms with Crippen molar-refractivity contribution >= 4 is 45.7 Å². The maximum absolute atomic E-state index is 12.9. The zero-order chi connectivity index (χ0) is 25.7. The molecule has 4 rings (SSSR count). The number of phenols is 1. The van der Waals surface area contributed by atoms with Crippen LogP contribution in [0.1, 0.15) is 21.5 Å². The third-order valence-electron chi connectivity index (χ3n) is 4.89. The Morgan fingerprint density at radius 3 is 2.58 bits per heavy atom. The molecular formula is C24H17BrN4O7. The minimum absolute atomic E-state index is 0.00834. The van der Waals surface area contributed by atoms with Gasteiger partial charge in [0.15, 0.2) is 11.5 Å². The molecule has 1 aliphatic rings. The van der Waals surface area contributed by atoms with Gasteiger partial charge in [-0.25, -0.2) is 5.43 Å². The summed E-state index contributed by atoms with van der Waals surface area (Å²) in [7, 11) is 0. The summed E-state index contributed by atoms with van der Waals surface area (Å²) in [5.41, 5.74) is 2.70. The van der Waals surface area contributed by atoms with E-state index in [4.69, 9.17) is 9.47 Å². The van der Waals surface area contributed by atoms with E-state index in [1.165, 1.54) is 6.08 Å². The summed E-state index contributed by atoms with van der Waals surface area (Å²) in [6, 6.07) is 15.5. The third kappa shape index (κ3) is 5.67. The van der Waals surface area contributed by atoms with Gasteiger partial charge in [-0.1, -0.05) is 24.3 Å². The maximum atomic E-state index is 12.9. The van der Waals surface area contributed by atoms with Gasteiger partial charge in [0.1, 0.15) is 11.4 Å². The minimum Gasteiger partial charge on any atom is -0.506 e. The zero-order valence-electron chi connectivity index (χ0n) is 18.3. The van der Waals surface area contributed by atoms with Crippen LogP contribution in [0.4, 0.5) is 5.69 Å². The topological polar surface area (TPSA) is 152 Å². The van der Waals surface area contributed by atoms with Crippen LogP contribution in [-0.2, 0) is 4.79 Å². The van der Waals surface area contributed by atoms with E-state index in [1.54, 1.807) is 48.5 Å². The first kappa shape index (κ1) is 24.4. The van der Waals surface area contributed by atoms with Crippen molar-refractivity contribution in [1.29, 1.82) is 0 Å². The first-order valence-corrected chi connectivity index (χ1v) is 11.1. The maximum Gasteiger partial charge on any atom is 0.287 e. The number of rotatable bonds is 7. The Hall–Kier alpha value is -4.71. The van der Waals surface area contributed by atoms with E-state index in [0.29, 0.717) is 22.6 Å². The highest BCUT2D eigenvalue weighted by Gasteiger charge is 2.17. The van der Waals surface area contributed by atoms with E-state index in [2.05, 4.69) is 31.8 Å². The number of fused-ring (bicyclic) bond motifs is 1. The fourth-order valence-corrected chi connectivity index (χ4v) is 3.61. The van der Waals surface area contributed by atoms with Crippen molar-refractivity contribution < 1.29 is 29.1 Å². The first-order chi connectivity index (χ1) is 17.3. The van der Waals surface area contributed by atoms with E-state index in [9.17, 15) is 24.8 Å². The van der Waals surface area contributed by atoms with Gasteiger partial charge in [0.05, 0.1) is 15.6 Å². The third-order valence-corrected chi connectivity index (χ3v) is 5.50. The Kier molecular flexibility index (Phi) is 7.25. The molecule has 2 amide bonds. The summed E-state index contributed by atoms with van der Waals surface area (Å²) >= 11 is 3.04. The minimum atomic E-state index is -0.780. The Bertz CT molecular complexity index is 1410. The Labute approximate surface area is 212 Å². The molecule has 0 atom stereocenters. The molecule has 0 saturated heterocycles. The first-order valence-electron chi connectivity index (χ1n) is 10.3. The van der Waals surface area contributed by atoms with Crippen LogP contribution in [0.3, 0.4) is 0 Å². The number of ether oxygens (including phenoxy) is 2. The number of nitrogens with one attached hydrogen (secondary N) is 2. The number of nitro groups is 1. The fourth-order valence-electron chi connectivity index (χ4n) is 3.14. The number of hydrogen-bond acceptors (Lipinski definition) is 8. The smallest absolute Gasteiger partial charge is 0.287 e. The number of aromatic hydroxyl groups is 1. The molecule has 0 saturated carbocycles. The van der Waals surface area contributed by atoms with Crippen LogP contribution in [0.2, 0.25) is 0 Å². The zero-order valence-corrected chi connectivity index (χ0v) is 19.9. The Balaban J connectivity index is 1.59. The van der Waals surface area contributed by atoms with E-state index >= 15 is 0 Å². The van der Waals surface area contributed by atoms with Crippen LogP contribution >= 0.6 is 15.9 Å². The largest absolute Gasteiger partial charge is 0.506 e. The molecule has 0 radical (unpaired) electrons. The fraction of sp³-hybridized carbons (Fsp3) is 0.0417. The highest BCUT2D eigenvalue weighted by molar-refractivity contribution is 9.10. The lowest BCUT2D eigenvalue weighted by molar-refractivity contribution is -0.385. The number of halogens is 1. The van der Waals surface area contributed by atoms with Crippen LogP contribution in [0.5, 0.6) is 17.2 Å². The number of benzene rings is 3. The van der Waals surface area contributed by atoms with Gasteiger partial charge in [0.25, 0.3) is 17.5 Å². The summed E-state index contributed by atoms with van der Waals surface area (Å²) in [4.78, 5) is 36.1. The van der Waals surface area contributed by atoms with E-state index < -0.39 is 16.7 Å². The summed E-state index contributed by atoms with van der Waals surface area (Å²) in [5.74, 6) is -0.562. The predicted molar refractivity (Wildman–Crippen MR) is 133 cm³/mol. The Morgan fingerprint density at radius 1 is 1.08 bits per heavy atom. The molecule has 3 aromatic rings. The standard InChI is InChI=1S/C24H17BrN4O7/c25-18-11-17(29(33)34)10-16(22(18)30)12-26-28-24(32)19(27-23(31)15-4-2-1-3-5-15)8-14-6-7-20-21(9-14)36-13-35-20/h1-12,30H,13H2,(H,27,31)(H,28,32). The number of carbonyl (C=O) groups is 2. The number of non-ortho nitro benzene ring substituents is 1. The molecule has 0 fully saturated rings. The Morgan fingerprint density at radius 2 is 1.83 bits per heavy atom. The molecular weight excluding hydrogens is 536 g/mol. The van der Waals surface area contributed by atoms with Crippen molar-refractivity contribution in [3.63, 3.8) is 0 Å². The number of nitrogens with zero attached hydrogens (tertiary/aromatic N) is 2. The van der Waals surface area contributed by atoms with E-state index in [-0.39, 0.29) is 34.0 Å². The molecule has 3 N–H and O–H groups in total. The molecule has 0 aliphatic carbocycles. The second-order valence-electron chi connectivity index (χ2n) is 7.31. The molecule has 1 heterocycles. The highest BCUT2D eigenvalue weighted by atomic mass is 79.9. The summed E-state index contributed by atoms with van der Waals surface area (Å²) in [6.45, 7) is 0.0793. The van der Waals surface area contributed by atoms with Crippen LogP contribution in [0.15, 0.2) is 75.9 Å². The SMILES string of the molecule is O=C(NN=Cc1cc([N+](=O)[O-])cc(Br)c1O)C(=Cc1ccc2c(c1)OCO2)NC(=O)c1ccccc1. The number of phenolic OH excluding ortho intramolecular Hbond substituents is 1. The normalized spacial score (nSPS) is 12.4.